The van der Waals surface area contributed by atoms with E-state index in [2.05, 4.69) is 26.6 Å². The Morgan fingerprint density at radius 2 is 2.12 bits per heavy atom. The predicted molar refractivity (Wildman–Crippen MR) is 74.5 cm³/mol. The molecule has 2 N–H and O–H groups in total. The molecule has 0 unspecified atom stereocenters. The zero-order valence-corrected chi connectivity index (χ0v) is 12.0. The summed E-state index contributed by atoms with van der Waals surface area (Å²) in [6.45, 7) is 3.44. The standard InChI is InChI=1S/C12H18BrN3O/c1-9-8-10(4-5-11(9)13)15-12(17)14-6-7-16(2)3/h4-5,8H,6-7H2,1-3H3,(H2,14,15,17). The number of amides is 2. The van der Waals surface area contributed by atoms with Gasteiger partial charge in [-0.3, -0.25) is 0 Å². The molecule has 0 aliphatic heterocycles. The highest BCUT2D eigenvalue weighted by Crippen LogP contribution is 2.19. The molecule has 1 aromatic carbocycles. The van der Waals surface area contributed by atoms with Crippen molar-refractivity contribution in [2.75, 3.05) is 32.5 Å². The summed E-state index contributed by atoms with van der Waals surface area (Å²) >= 11 is 3.42. The third-order valence-electron chi connectivity index (χ3n) is 2.26. The first kappa shape index (κ1) is 14.0. The number of nitrogens with one attached hydrogen (secondary N) is 2. The summed E-state index contributed by atoms with van der Waals surface area (Å²) in [6.07, 6.45) is 0. The Morgan fingerprint density at radius 3 is 2.71 bits per heavy atom. The van der Waals surface area contributed by atoms with Gasteiger partial charge < -0.3 is 15.5 Å². The van der Waals surface area contributed by atoms with Gasteiger partial charge in [-0.25, -0.2) is 4.79 Å². The van der Waals surface area contributed by atoms with Gasteiger partial charge >= 0.3 is 6.03 Å². The highest BCUT2D eigenvalue weighted by atomic mass is 79.9. The predicted octanol–water partition coefficient (Wildman–Crippen LogP) is 2.44. The van der Waals surface area contributed by atoms with Crippen molar-refractivity contribution in [3.05, 3.63) is 28.2 Å². The average molecular weight is 300 g/mol. The molecule has 94 valence electrons. The minimum Gasteiger partial charge on any atom is -0.337 e. The van der Waals surface area contributed by atoms with Gasteiger partial charge in [0.1, 0.15) is 0 Å². The number of aryl methyl sites for hydroxylation is 1. The lowest BCUT2D eigenvalue weighted by atomic mass is 10.2. The van der Waals surface area contributed by atoms with Crippen molar-refractivity contribution >= 4 is 27.6 Å². The molecule has 5 heteroatoms. The highest BCUT2D eigenvalue weighted by Gasteiger charge is 2.02. The van der Waals surface area contributed by atoms with Gasteiger partial charge in [0.2, 0.25) is 0 Å². The van der Waals surface area contributed by atoms with E-state index in [0.717, 1.165) is 22.3 Å². The number of carbonyl (C=O) groups excluding carboxylic acids is 1. The molecule has 0 aliphatic rings. The van der Waals surface area contributed by atoms with E-state index in [9.17, 15) is 4.79 Å². The third-order valence-corrected chi connectivity index (χ3v) is 3.15. The first-order chi connectivity index (χ1) is 7.99. The molecular weight excluding hydrogens is 282 g/mol. The topological polar surface area (TPSA) is 44.4 Å². The van der Waals surface area contributed by atoms with Crippen LogP contribution in [0, 0.1) is 6.92 Å². The molecule has 0 heterocycles. The second kappa shape index (κ2) is 6.61. The molecule has 0 aliphatic carbocycles. The largest absolute Gasteiger partial charge is 0.337 e. The van der Waals surface area contributed by atoms with E-state index in [1.165, 1.54) is 0 Å². The highest BCUT2D eigenvalue weighted by molar-refractivity contribution is 9.10. The van der Waals surface area contributed by atoms with Crippen molar-refractivity contribution in [1.29, 1.82) is 0 Å². The molecule has 0 radical (unpaired) electrons. The first-order valence-corrected chi connectivity index (χ1v) is 6.24. The Kier molecular flexibility index (Phi) is 5.44. The van der Waals surface area contributed by atoms with Gasteiger partial charge in [-0.05, 0) is 44.8 Å². The van der Waals surface area contributed by atoms with Gasteiger partial charge in [0, 0.05) is 23.2 Å². The summed E-state index contributed by atoms with van der Waals surface area (Å²) in [5, 5.41) is 5.59. The number of benzene rings is 1. The molecule has 0 bridgehead atoms. The van der Waals surface area contributed by atoms with E-state index in [0.29, 0.717) is 6.54 Å². The lowest BCUT2D eigenvalue weighted by Crippen LogP contribution is -2.34. The Labute approximate surface area is 111 Å². The minimum atomic E-state index is -0.173. The van der Waals surface area contributed by atoms with Gasteiger partial charge in [-0.1, -0.05) is 15.9 Å². The molecule has 0 aromatic heterocycles. The van der Waals surface area contributed by atoms with Crippen molar-refractivity contribution < 1.29 is 4.79 Å². The minimum absolute atomic E-state index is 0.173. The van der Waals surface area contributed by atoms with Gasteiger partial charge in [0.25, 0.3) is 0 Å². The Balaban J connectivity index is 2.42. The number of nitrogens with zero attached hydrogens (tertiary/aromatic N) is 1. The number of likely N-dealkylation sites (N-methyl/N-ethyl adjacent to an activating group) is 1. The van der Waals surface area contributed by atoms with Gasteiger partial charge in [-0.2, -0.15) is 0 Å². The Bertz CT molecular complexity index is 393. The normalized spacial score (nSPS) is 10.4. The summed E-state index contributed by atoms with van der Waals surface area (Å²) in [4.78, 5) is 13.6. The van der Waals surface area contributed by atoms with Crippen molar-refractivity contribution in [3.63, 3.8) is 0 Å². The number of urea groups is 1. The van der Waals surface area contributed by atoms with Crippen molar-refractivity contribution in [3.8, 4) is 0 Å². The summed E-state index contributed by atoms with van der Waals surface area (Å²) in [5.41, 5.74) is 1.89. The number of rotatable bonds is 4. The van der Waals surface area contributed by atoms with Crippen LogP contribution in [0.1, 0.15) is 5.56 Å². The summed E-state index contributed by atoms with van der Waals surface area (Å²) in [6, 6.07) is 5.54. The number of hydrogen-bond donors (Lipinski definition) is 2. The molecule has 0 saturated heterocycles. The first-order valence-electron chi connectivity index (χ1n) is 5.45. The maximum Gasteiger partial charge on any atom is 0.319 e. The zero-order chi connectivity index (χ0) is 12.8. The number of anilines is 1. The van der Waals surface area contributed by atoms with Crippen LogP contribution in [0.25, 0.3) is 0 Å². The molecule has 0 fully saturated rings. The second-order valence-electron chi connectivity index (χ2n) is 4.15. The van der Waals surface area contributed by atoms with Crippen LogP contribution < -0.4 is 10.6 Å². The molecule has 0 atom stereocenters. The smallest absolute Gasteiger partial charge is 0.319 e. The number of hydrogen-bond acceptors (Lipinski definition) is 2. The third kappa shape index (κ3) is 5.19. The second-order valence-corrected chi connectivity index (χ2v) is 5.00. The van der Waals surface area contributed by atoms with Crippen molar-refractivity contribution in [1.82, 2.24) is 10.2 Å². The lowest BCUT2D eigenvalue weighted by molar-refractivity contribution is 0.250. The Hall–Kier alpha value is -1.07. The zero-order valence-electron chi connectivity index (χ0n) is 10.4. The molecule has 4 nitrogen and oxygen atoms in total. The Morgan fingerprint density at radius 1 is 1.41 bits per heavy atom. The van der Waals surface area contributed by atoms with Crippen LogP contribution in [-0.2, 0) is 0 Å². The SMILES string of the molecule is Cc1cc(NC(=O)NCCN(C)C)ccc1Br. The van der Waals surface area contributed by atoms with E-state index in [4.69, 9.17) is 0 Å². The van der Waals surface area contributed by atoms with Crippen LogP contribution in [0.15, 0.2) is 22.7 Å². The van der Waals surface area contributed by atoms with E-state index in [1.807, 2.05) is 44.1 Å². The maximum absolute atomic E-state index is 11.5. The van der Waals surface area contributed by atoms with Gasteiger partial charge in [0.05, 0.1) is 0 Å². The quantitative estimate of drug-likeness (QED) is 0.897. The van der Waals surface area contributed by atoms with Gasteiger partial charge in [-0.15, -0.1) is 0 Å². The summed E-state index contributed by atoms with van der Waals surface area (Å²) < 4.78 is 1.04. The fourth-order valence-corrected chi connectivity index (χ4v) is 1.54. The van der Waals surface area contributed by atoms with E-state index < -0.39 is 0 Å². The molecule has 1 rings (SSSR count). The van der Waals surface area contributed by atoms with E-state index in [1.54, 1.807) is 0 Å². The lowest BCUT2D eigenvalue weighted by Gasteiger charge is -2.11. The fourth-order valence-electron chi connectivity index (χ4n) is 1.29. The van der Waals surface area contributed by atoms with Crippen LogP contribution in [0.3, 0.4) is 0 Å². The molecule has 17 heavy (non-hydrogen) atoms. The molecule has 0 spiro atoms. The molecule has 1 aromatic rings. The molecule has 0 saturated carbocycles. The van der Waals surface area contributed by atoms with Crippen molar-refractivity contribution in [2.45, 2.75) is 6.92 Å². The van der Waals surface area contributed by atoms with E-state index >= 15 is 0 Å². The average Bonchev–Trinajstić information content (AvgIpc) is 2.23. The molecule has 2 amide bonds. The van der Waals surface area contributed by atoms with Crippen molar-refractivity contribution in [2.24, 2.45) is 0 Å². The fraction of sp³-hybridized carbons (Fsp3) is 0.417. The van der Waals surface area contributed by atoms with Crippen LogP contribution in [0.2, 0.25) is 0 Å². The monoisotopic (exact) mass is 299 g/mol. The van der Waals surface area contributed by atoms with Crippen LogP contribution in [0.4, 0.5) is 10.5 Å². The van der Waals surface area contributed by atoms with Crippen LogP contribution in [-0.4, -0.2) is 38.1 Å². The van der Waals surface area contributed by atoms with Gasteiger partial charge in [0.15, 0.2) is 0 Å². The summed E-state index contributed by atoms with van der Waals surface area (Å²) in [5.74, 6) is 0. The number of carbonyl (C=O) groups is 1. The number of halogens is 1. The maximum atomic E-state index is 11.5. The van der Waals surface area contributed by atoms with E-state index in [-0.39, 0.29) is 6.03 Å². The van der Waals surface area contributed by atoms with Crippen LogP contribution in [0.5, 0.6) is 0 Å². The summed E-state index contributed by atoms with van der Waals surface area (Å²) in [7, 11) is 3.94. The molecular formula is C12H18BrN3O. The van der Waals surface area contributed by atoms with Crippen LogP contribution >= 0.6 is 15.9 Å².